The largest absolute Gasteiger partial charge is 0.353 e. The van der Waals surface area contributed by atoms with Gasteiger partial charge < -0.3 is 42.1 Å². The average Bonchev–Trinajstić information content (AvgIpc) is 3.98. The molecule has 0 unspecified atom stereocenters. The zero-order valence-corrected chi connectivity index (χ0v) is 45.7. The molecule has 5 fully saturated rings. The Morgan fingerprint density at radius 3 is 0.986 bits per heavy atom. The fourth-order valence-corrected chi connectivity index (χ4v) is 7.77. The van der Waals surface area contributed by atoms with Crippen LogP contribution in [0, 0.1) is 23.7 Å². The zero-order valence-electron chi connectivity index (χ0n) is 45.7. The van der Waals surface area contributed by atoms with Gasteiger partial charge in [0, 0.05) is 54.9 Å². The van der Waals surface area contributed by atoms with Gasteiger partial charge in [0.25, 0.3) is 23.6 Å². The molecule has 69 heavy (non-hydrogen) atoms. The van der Waals surface area contributed by atoms with Gasteiger partial charge in [-0.1, -0.05) is 51.4 Å². The lowest BCUT2D eigenvalue weighted by molar-refractivity contribution is -0.148. The van der Waals surface area contributed by atoms with Crippen LogP contribution in [0.25, 0.3) is 0 Å². The maximum Gasteiger partial charge on any atom is 0.291 e. The van der Waals surface area contributed by atoms with E-state index in [1.165, 1.54) is 58.4 Å². The number of hydrogen-bond acceptors (Lipinski definition) is 12. The number of Topliss-reactive ketones (excluding diaryl/α,β-unsaturated/α-hetero) is 4. The minimum Gasteiger partial charge on any atom is -0.353 e. The lowest BCUT2D eigenvalue weighted by Crippen LogP contribution is -2.55. The number of nitrogens with zero attached hydrogens (tertiary/aromatic N) is 1. The molecule has 396 valence electrons. The van der Waals surface area contributed by atoms with Gasteiger partial charge in [-0.05, 0) is 160 Å². The normalized spacial score (nSPS) is 18.7. The summed E-state index contributed by atoms with van der Waals surface area (Å²) in [5.74, 6) is -0.464. The van der Waals surface area contributed by atoms with Crippen LogP contribution >= 0.6 is 0 Å². The van der Waals surface area contributed by atoms with Crippen LogP contribution in [0.5, 0.6) is 0 Å². The number of amides is 4. The van der Waals surface area contributed by atoms with Gasteiger partial charge in [0.1, 0.15) is 0 Å². The van der Waals surface area contributed by atoms with Gasteiger partial charge in [-0.3, -0.25) is 38.4 Å². The minimum absolute atomic E-state index is 0.00217. The van der Waals surface area contributed by atoms with Gasteiger partial charge in [0.2, 0.25) is 23.1 Å². The lowest BCUT2D eigenvalue weighted by atomic mass is 9.99. The third-order valence-electron chi connectivity index (χ3n) is 11.8. The average molecular weight is 973 g/mol. The van der Waals surface area contributed by atoms with Crippen LogP contribution in [-0.4, -0.2) is 131 Å². The van der Waals surface area contributed by atoms with Crippen molar-refractivity contribution < 1.29 is 38.4 Å². The Kier molecular flexibility index (Phi) is 24.3. The first-order valence-electron chi connectivity index (χ1n) is 26.1. The minimum atomic E-state index is -0.498. The number of carbonyl (C=O) groups excluding carboxylic acids is 8. The van der Waals surface area contributed by atoms with Crippen LogP contribution in [0.2, 0.25) is 0 Å². The molecule has 0 aromatic rings. The highest BCUT2D eigenvalue weighted by atomic mass is 16.2. The number of rotatable bonds is 22. The van der Waals surface area contributed by atoms with Crippen molar-refractivity contribution in [2.75, 3.05) is 26.7 Å². The first-order chi connectivity index (χ1) is 31.7. The summed E-state index contributed by atoms with van der Waals surface area (Å²) in [5, 5.41) is 20.7. The van der Waals surface area contributed by atoms with E-state index in [0.717, 1.165) is 45.2 Å². The third kappa shape index (κ3) is 27.6. The van der Waals surface area contributed by atoms with Crippen LogP contribution in [0.3, 0.4) is 0 Å². The molecule has 4 amide bonds. The molecule has 0 bridgehead atoms. The van der Waals surface area contributed by atoms with E-state index in [-0.39, 0.29) is 81.4 Å². The quantitative estimate of drug-likeness (QED) is 0.0706. The maximum atomic E-state index is 12.3. The Morgan fingerprint density at radius 1 is 0.464 bits per heavy atom. The predicted octanol–water partition coefficient (Wildman–Crippen LogP) is 5.09. The van der Waals surface area contributed by atoms with Crippen molar-refractivity contribution in [3.63, 3.8) is 0 Å². The monoisotopic (exact) mass is 973 g/mol. The topological polar surface area (TPSA) is 224 Å². The predicted molar refractivity (Wildman–Crippen MR) is 273 cm³/mol. The van der Waals surface area contributed by atoms with Crippen LogP contribution in [0.1, 0.15) is 187 Å². The van der Waals surface area contributed by atoms with Gasteiger partial charge in [0.05, 0.1) is 24.2 Å². The molecule has 1 aliphatic heterocycles. The van der Waals surface area contributed by atoms with Gasteiger partial charge in [-0.25, -0.2) is 0 Å². The van der Waals surface area contributed by atoms with Crippen molar-refractivity contribution in [1.82, 2.24) is 42.1 Å². The Morgan fingerprint density at radius 2 is 0.754 bits per heavy atom. The van der Waals surface area contributed by atoms with Gasteiger partial charge >= 0.3 is 0 Å². The first kappa shape index (κ1) is 61.5. The van der Waals surface area contributed by atoms with Crippen LogP contribution in [0.15, 0.2) is 0 Å². The highest BCUT2D eigenvalue weighted by Crippen LogP contribution is 2.36. The summed E-state index contributed by atoms with van der Waals surface area (Å²) in [4.78, 5) is 96.6. The van der Waals surface area contributed by atoms with E-state index >= 15 is 0 Å². The van der Waals surface area contributed by atoms with Crippen molar-refractivity contribution in [3.05, 3.63) is 0 Å². The van der Waals surface area contributed by atoms with Crippen LogP contribution in [0.4, 0.5) is 0 Å². The molecule has 4 saturated carbocycles. The molecule has 0 radical (unpaired) electrons. The molecular weight excluding hydrogens is 877 g/mol. The number of carbonyl (C=O) groups is 8. The summed E-state index contributed by atoms with van der Waals surface area (Å²) in [6, 6.07) is -1.33. The fourth-order valence-electron chi connectivity index (χ4n) is 7.77. The molecule has 16 nitrogen and oxygen atoms in total. The van der Waals surface area contributed by atoms with E-state index in [1.54, 1.807) is 4.90 Å². The smallest absolute Gasteiger partial charge is 0.291 e. The number of hydrogen-bond donors (Lipinski definition) is 7. The van der Waals surface area contributed by atoms with Crippen LogP contribution in [-0.2, 0) is 38.4 Å². The molecule has 0 aromatic heterocycles. The van der Waals surface area contributed by atoms with Crippen molar-refractivity contribution in [2.45, 2.75) is 240 Å². The SMILES string of the molecule is CC(C)(C)N[C@@H](CC1CC1)C(=O)C(=O)N1CCC1.CC(C)NC(=O)C(=O)[C@H](CC1CC1)NC(C)(C)C.CCNC(=O)C(=O)[C@H](CC1CC1)NC(C)(C)C.CNC(=O)C(=O)[C@H](CC1CC1)NC(C)(C)C. The first-order valence-corrected chi connectivity index (χ1v) is 26.1. The summed E-state index contributed by atoms with van der Waals surface area (Å²) in [6.07, 6.45) is 13.7. The molecule has 4 atom stereocenters. The lowest BCUT2D eigenvalue weighted by Gasteiger charge is -2.33. The van der Waals surface area contributed by atoms with Crippen molar-refractivity contribution in [3.8, 4) is 0 Å². The second-order valence-corrected chi connectivity index (χ2v) is 24.7. The number of likely N-dealkylation sites (tertiary alicyclic amines) is 1. The number of ketones is 4. The molecule has 5 rings (SSSR count). The van der Waals surface area contributed by atoms with Crippen molar-refractivity contribution >= 4 is 46.8 Å². The molecular formula is C53H96N8O8. The summed E-state index contributed by atoms with van der Waals surface area (Å²) >= 11 is 0. The summed E-state index contributed by atoms with van der Waals surface area (Å²) in [7, 11) is 1.49. The Bertz CT molecular complexity index is 1720. The Labute approximate surface area is 416 Å². The fraction of sp³-hybridized carbons (Fsp3) is 0.849. The van der Waals surface area contributed by atoms with E-state index in [0.29, 0.717) is 30.2 Å². The zero-order chi connectivity index (χ0) is 52.7. The molecule has 1 saturated heterocycles. The van der Waals surface area contributed by atoms with E-state index in [4.69, 9.17) is 0 Å². The Hall–Kier alpha value is -3.60. The van der Waals surface area contributed by atoms with E-state index in [2.05, 4.69) is 37.2 Å². The highest BCUT2D eigenvalue weighted by molar-refractivity contribution is 6.39. The number of likely N-dealkylation sites (N-methyl/N-ethyl adjacent to an activating group) is 2. The summed E-state index contributed by atoms with van der Waals surface area (Å²) in [5.41, 5.74) is -0.595. The number of nitrogens with one attached hydrogen (secondary N) is 7. The molecule has 0 spiro atoms. The van der Waals surface area contributed by atoms with Gasteiger partial charge in [0.15, 0.2) is 0 Å². The van der Waals surface area contributed by atoms with E-state index < -0.39 is 17.7 Å². The molecule has 5 aliphatic rings. The van der Waals surface area contributed by atoms with E-state index in [1.807, 2.05) is 104 Å². The molecule has 7 N–H and O–H groups in total. The summed E-state index contributed by atoms with van der Waals surface area (Å²) in [6.45, 7) is 31.7. The molecule has 16 heteroatoms. The van der Waals surface area contributed by atoms with Crippen molar-refractivity contribution in [1.29, 1.82) is 0 Å². The molecule has 0 aromatic carbocycles. The second kappa shape index (κ2) is 27.3. The standard InChI is InChI=1S/C14H24N2O2.C14H26N2O2.C13H24N2O2.C12H22N2O2/c1-14(2,3)15-11(9-10-5-6-10)12(17)13(18)16-7-4-8-16;1-9(2)15-13(18)12(17)11(8-10-6-7-10)16-14(3,4)5;1-5-14-12(17)11(16)10(8-9-6-7-9)15-13(2,3)4;1-12(2,3)14-9(7-8-5-6-8)10(15)11(16)13-4/h10-11,15H,4-9H2,1-3H3;9-11,16H,6-8H2,1-5H3,(H,15,18);9-10,15H,5-8H2,1-4H3,(H,14,17);8-9,14H,5-7H2,1-4H3,(H,13,16)/t2*11-;10-;9-/m0000/s1. The van der Waals surface area contributed by atoms with E-state index in [9.17, 15) is 38.4 Å². The highest BCUT2D eigenvalue weighted by Gasteiger charge is 2.39. The molecule has 4 aliphatic carbocycles. The maximum absolute atomic E-state index is 12.3. The van der Waals surface area contributed by atoms with Gasteiger partial charge in [-0.2, -0.15) is 0 Å². The van der Waals surface area contributed by atoms with Gasteiger partial charge in [-0.15, -0.1) is 0 Å². The summed E-state index contributed by atoms with van der Waals surface area (Å²) < 4.78 is 0. The third-order valence-corrected chi connectivity index (χ3v) is 11.8. The van der Waals surface area contributed by atoms with Crippen LogP contribution < -0.4 is 37.2 Å². The molecule has 1 heterocycles. The Balaban J connectivity index is 0.000000316. The second-order valence-electron chi connectivity index (χ2n) is 24.7. The van der Waals surface area contributed by atoms with Crippen molar-refractivity contribution in [2.24, 2.45) is 23.7 Å².